The van der Waals surface area contributed by atoms with Crippen molar-refractivity contribution in [1.29, 1.82) is 0 Å². The second kappa shape index (κ2) is 6.07. The van der Waals surface area contributed by atoms with Crippen LogP contribution in [0.5, 0.6) is 0 Å². The van der Waals surface area contributed by atoms with Gasteiger partial charge in [0.15, 0.2) is 9.84 Å². The molecule has 1 aliphatic heterocycles. The Hall–Kier alpha value is -2.54. The lowest BCUT2D eigenvalue weighted by molar-refractivity contribution is -0.134. The molecule has 1 aliphatic rings. The number of furan rings is 1. The lowest BCUT2D eigenvalue weighted by Gasteiger charge is -2.38. The maximum Gasteiger partial charge on any atom is 0.242 e. The van der Waals surface area contributed by atoms with Crippen molar-refractivity contribution in [2.45, 2.75) is 17.5 Å². The van der Waals surface area contributed by atoms with Crippen LogP contribution in [0.1, 0.15) is 5.76 Å². The third-order valence-corrected chi connectivity index (χ3v) is 6.62. The van der Waals surface area contributed by atoms with Gasteiger partial charge < -0.3 is 13.9 Å². The van der Waals surface area contributed by atoms with E-state index in [1.54, 1.807) is 17.0 Å². The van der Waals surface area contributed by atoms with Crippen molar-refractivity contribution in [3.8, 4) is 0 Å². The summed E-state index contributed by atoms with van der Waals surface area (Å²) in [5, 5.41) is 0.570. The van der Waals surface area contributed by atoms with Gasteiger partial charge in [-0.3, -0.25) is 4.79 Å². The average Bonchev–Trinajstić information content (AvgIpc) is 3.15. The number of benzene rings is 1. The minimum Gasteiger partial charge on any atom is -0.468 e. The summed E-state index contributed by atoms with van der Waals surface area (Å²) >= 11 is 0. The van der Waals surface area contributed by atoms with Gasteiger partial charge in [-0.2, -0.15) is 0 Å². The van der Waals surface area contributed by atoms with Gasteiger partial charge in [0, 0.05) is 24.8 Å². The maximum atomic E-state index is 12.4. The molecule has 6 nitrogen and oxygen atoms in total. The van der Waals surface area contributed by atoms with Crippen molar-refractivity contribution in [1.82, 2.24) is 9.47 Å². The number of hydrogen-bond acceptors (Lipinski definition) is 4. The average molecular weight is 358 g/mol. The van der Waals surface area contributed by atoms with E-state index in [-0.39, 0.29) is 31.3 Å². The van der Waals surface area contributed by atoms with Crippen molar-refractivity contribution >= 4 is 26.6 Å². The zero-order chi connectivity index (χ0) is 17.4. The summed E-state index contributed by atoms with van der Waals surface area (Å²) in [6.45, 7) is 0.723. The zero-order valence-corrected chi connectivity index (χ0v) is 14.4. The Morgan fingerprint density at radius 3 is 2.68 bits per heavy atom. The Kier molecular flexibility index (Phi) is 3.88. The van der Waals surface area contributed by atoms with Crippen molar-refractivity contribution in [2.75, 3.05) is 13.1 Å². The van der Waals surface area contributed by atoms with Gasteiger partial charge in [-0.25, -0.2) is 8.42 Å². The molecule has 25 heavy (non-hydrogen) atoms. The predicted octanol–water partition coefficient (Wildman–Crippen LogP) is 2.06. The molecule has 3 heterocycles. The summed E-state index contributed by atoms with van der Waals surface area (Å²) in [4.78, 5) is 14.0. The topological polar surface area (TPSA) is 72.5 Å². The number of carbonyl (C=O) groups is 1. The highest BCUT2D eigenvalue weighted by molar-refractivity contribution is 7.91. The molecule has 7 heteroatoms. The fourth-order valence-electron chi connectivity index (χ4n) is 3.10. The molecule has 0 unspecified atom stereocenters. The van der Waals surface area contributed by atoms with Crippen LogP contribution in [0.2, 0.25) is 0 Å². The first-order valence-corrected chi connectivity index (χ1v) is 9.80. The molecule has 0 saturated carbocycles. The number of carbonyl (C=O) groups excluding carboxylic acids is 1. The molecule has 1 fully saturated rings. The lowest BCUT2D eigenvalue weighted by atomic mass is 10.2. The standard InChI is InChI=1S/C18H18N2O4S/c21-18(12-19-8-7-14-4-1-2-6-17(14)19)20-10-16(11-20)25(22,23)13-15-5-3-9-24-15/h1-9,16H,10-13H2. The van der Waals surface area contributed by atoms with E-state index in [0.29, 0.717) is 5.76 Å². The Bertz CT molecular complexity index is 999. The quantitative estimate of drug-likeness (QED) is 0.700. The van der Waals surface area contributed by atoms with Gasteiger partial charge in [0.05, 0.1) is 11.5 Å². The molecule has 1 aromatic carbocycles. The normalized spacial score (nSPS) is 15.4. The largest absolute Gasteiger partial charge is 0.468 e. The molecule has 3 aromatic rings. The summed E-state index contributed by atoms with van der Waals surface area (Å²) < 4.78 is 31.7. The third kappa shape index (κ3) is 3.07. The number of fused-ring (bicyclic) bond motifs is 1. The summed E-state index contributed by atoms with van der Waals surface area (Å²) in [5.74, 6) is 0.254. The Labute approximate surface area is 145 Å². The van der Waals surface area contributed by atoms with Gasteiger partial charge in [0.2, 0.25) is 5.91 Å². The van der Waals surface area contributed by atoms with Gasteiger partial charge in [0.25, 0.3) is 0 Å². The van der Waals surface area contributed by atoms with E-state index in [2.05, 4.69) is 0 Å². The molecule has 0 radical (unpaired) electrons. The molecule has 0 bridgehead atoms. The third-order valence-electron chi connectivity index (χ3n) is 4.62. The van der Waals surface area contributed by atoms with Crippen molar-refractivity contribution in [2.24, 2.45) is 0 Å². The van der Waals surface area contributed by atoms with Crippen LogP contribution in [0.4, 0.5) is 0 Å². The van der Waals surface area contributed by atoms with Crippen LogP contribution in [0.25, 0.3) is 10.9 Å². The number of sulfone groups is 1. The minimum atomic E-state index is -3.30. The SMILES string of the molecule is O=C(Cn1ccc2ccccc21)N1CC(S(=O)(=O)Cc2ccco2)C1. The lowest BCUT2D eigenvalue weighted by Crippen LogP contribution is -2.57. The van der Waals surface area contributed by atoms with Crippen LogP contribution in [0, 0.1) is 0 Å². The molecule has 0 atom stereocenters. The molecule has 1 saturated heterocycles. The van der Waals surface area contributed by atoms with Gasteiger partial charge in [-0.1, -0.05) is 18.2 Å². The van der Waals surface area contributed by atoms with Gasteiger partial charge in [0.1, 0.15) is 18.1 Å². The summed E-state index contributed by atoms with van der Waals surface area (Å²) in [5.41, 5.74) is 0.998. The first-order valence-electron chi connectivity index (χ1n) is 8.08. The summed E-state index contributed by atoms with van der Waals surface area (Å²) in [7, 11) is -3.30. The van der Waals surface area contributed by atoms with Crippen molar-refractivity contribution in [3.05, 3.63) is 60.7 Å². The fourth-order valence-corrected chi connectivity index (χ4v) is 4.71. The Balaban J connectivity index is 1.38. The second-order valence-electron chi connectivity index (χ2n) is 6.31. The number of para-hydroxylation sites is 1. The maximum absolute atomic E-state index is 12.4. The van der Waals surface area contributed by atoms with Gasteiger partial charge >= 0.3 is 0 Å². The number of hydrogen-bond donors (Lipinski definition) is 0. The molecule has 1 amide bonds. The monoisotopic (exact) mass is 358 g/mol. The van der Waals surface area contributed by atoms with Crippen LogP contribution in [0.3, 0.4) is 0 Å². The van der Waals surface area contributed by atoms with E-state index in [9.17, 15) is 13.2 Å². The Morgan fingerprint density at radius 1 is 1.12 bits per heavy atom. The van der Waals surface area contributed by atoms with Crippen LogP contribution in [-0.4, -0.2) is 42.1 Å². The number of rotatable bonds is 5. The predicted molar refractivity (Wildman–Crippen MR) is 93.6 cm³/mol. The fraction of sp³-hybridized carbons (Fsp3) is 0.278. The van der Waals surface area contributed by atoms with Crippen molar-refractivity contribution in [3.63, 3.8) is 0 Å². The first kappa shape index (κ1) is 16.0. The van der Waals surface area contributed by atoms with Crippen molar-refractivity contribution < 1.29 is 17.6 Å². The number of aromatic nitrogens is 1. The molecular weight excluding hydrogens is 340 g/mol. The molecule has 130 valence electrons. The smallest absolute Gasteiger partial charge is 0.242 e. The summed E-state index contributed by atoms with van der Waals surface area (Å²) in [6, 6.07) is 13.1. The van der Waals surface area contributed by atoms with E-state index in [4.69, 9.17) is 4.42 Å². The summed E-state index contributed by atoms with van der Waals surface area (Å²) in [6.07, 6.45) is 3.34. The molecule has 2 aromatic heterocycles. The van der Waals surface area contributed by atoms with Crippen LogP contribution >= 0.6 is 0 Å². The number of nitrogens with zero attached hydrogens (tertiary/aromatic N) is 2. The molecule has 0 spiro atoms. The van der Waals surface area contributed by atoms with E-state index in [1.165, 1.54) is 6.26 Å². The molecule has 0 N–H and O–H groups in total. The van der Waals surface area contributed by atoms with E-state index < -0.39 is 15.1 Å². The Morgan fingerprint density at radius 2 is 1.92 bits per heavy atom. The van der Waals surface area contributed by atoms with E-state index >= 15 is 0 Å². The first-order chi connectivity index (χ1) is 12.0. The van der Waals surface area contributed by atoms with Gasteiger partial charge in [-0.15, -0.1) is 0 Å². The molecular formula is C18H18N2O4S. The number of likely N-dealkylation sites (tertiary alicyclic amines) is 1. The number of amides is 1. The van der Waals surface area contributed by atoms with Crippen LogP contribution < -0.4 is 0 Å². The van der Waals surface area contributed by atoms with Crippen LogP contribution in [-0.2, 0) is 26.9 Å². The van der Waals surface area contributed by atoms with E-state index in [1.807, 2.05) is 41.1 Å². The molecule has 4 rings (SSSR count). The highest BCUT2D eigenvalue weighted by Crippen LogP contribution is 2.22. The highest BCUT2D eigenvalue weighted by atomic mass is 32.2. The van der Waals surface area contributed by atoms with Crippen LogP contribution in [0.15, 0.2) is 59.3 Å². The minimum absolute atomic E-state index is 0.0641. The highest BCUT2D eigenvalue weighted by Gasteiger charge is 2.39. The van der Waals surface area contributed by atoms with E-state index in [0.717, 1.165) is 10.9 Å². The zero-order valence-electron chi connectivity index (χ0n) is 13.5. The van der Waals surface area contributed by atoms with Gasteiger partial charge in [-0.05, 0) is 29.7 Å². The molecule has 0 aliphatic carbocycles. The second-order valence-corrected chi connectivity index (χ2v) is 8.59.